The topological polar surface area (TPSA) is 55.1 Å². The first kappa shape index (κ1) is 12.9. The van der Waals surface area contributed by atoms with Crippen molar-refractivity contribution < 1.29 is 4.79 Å². The molecule has 1 aromatic heterocycles. The van der Waals surface area contributed by atoms with Crippen LogP contribution in [0.5, 0.6) is 0 Å². The molecule has 1 aromatic carbocycles. The van der Waals surface area contributed by atoms with Gasteiger partial charge in [-0.2, -0.15) is 0 Å². The standard InChI is InChI=1S/C13H13ClN2OS/c1-7-4-3-5-9-10(15)12(18-11(7)9)13(17)16-6-8(2)14/h3-5H,2,6,15H2,1H3,(H,16,17). The van der Waals surface area contributed by atoms with Crippen LogP contribution in [0.4, 0.5) is 5.69 Å². The number of fused-ring (bicyclic) bond motifs is 1. The summed E-state index contributed by atoms with van der Waals surface area (Å²) in [6.07, 6.45) is 0. The van der Waals surface area contributed by atoms with Crippen molar-refractivity contribution in [2.24, 2.45) is 0 Å². The van der Waals surface area contributed by atoms with Crippen LogP contribution < -0.4 is 11.1 Å². The number of carbonyl (C=O) groups excluding carboxylic acids is 1. The van der Waals surface area contributed by atoms with Crippen molar-refractivity contribution in [2.75, 3.05) is 12.3 Å². The molecular formula is C13H13ClN2OS. The van der Waals surface area contributed by atoms with Crippen molar-refractivity contribution in [3.05, 3.63) is 40.3 Å². The van der Waals surface area contributed by atoms with E-state index in [1.807, 2.05) is 25.1 Å². The number of hydrogen-bond acceptors (Lipinski definition) is 3. The van der Waals surface area contributed by atoms with Gasteiger partial charge < -0.3 is 11.1 Å². The maximum Gasteiger partial charge on any atom is 0.263 e. The van der Waals surface area contributed by atoms with E-state index in [9.17, 15) is 4.79 Å². The summed E-state index contributed by atoms with van der Waals surface area (Å²) in [5, 5.41) is 3.99. The van der Waals surface area contributed by atoms with Crippen LogP contribution in [-0.2, 0) is 0 Å². The number of hydrogen-bond donors (Lipinski definition) is 2. The molecule has 94 valence electrons. The number of amides is 1. The number of anilines is 1. The molecule has 18 heavy (non-hydrogen) atoms. The molecule has 0 fully saturated rings. The minimum absolute atomic E-state index is 0.213. The maximum absolute atomic E-state index is 12.0. The molecule has 0 aliphatic carbocycles. The third kappa shape index (κ3) is 2.35. The van der Waals surface area contributed by atoms with Crippen LogP contribution >= 0.6 is 22.9 Å². The predicted octanol–water partition coefficient (Wildman–Crippen LogP) is 3.27. The molecule has 0 saturated heterocycles. The highest BCUT2D eigenvalue weighted by Crippen LogP contribution is 2.35. The zero-order valence-electron chi connectivity index (χ0n) is 9.92. The lowest BCUT2D eigenvalue weighted by Gasteiger charge is -2.02. The predicted molar refractivity (Wildman–Crippen MR) is 78.3 cm³/mol. The first-order valence-corrected chi connectivity index (χ1v) is 6.59. The van der Waals surface area contributed by atoms with E-state index >= 15 is 0 Å². The second-order valence-electron chi connectivity index (χ2n) is 4.00. The monoisotopic (exact) mass is 280 g/mol. The smallest absolute Gasteiger partial charge is 0.263 e. The normalized spacial score (nSPS) is 10.6. The van der Waals surface area contributed by atoms with E-state index in [1.54, 1.807) is 0 Å². The minimum Gasteiger partial charge on any atom is -0.397 e. The van der Waals surface area contributed by atoms with Crippen LogP contribution in [-0.4, -0.2) is 12.5 Å². The van der Waals surface area contributed by atoms with Crippen LogP contribution in [0.25, 0.3) is 10.1 Å². The van der Waals surface area contributed by atoms with Gasteiger partial charge in [0.05, 0.1) is 12.2 Å². The van der Waals surface area contributed by atoms with Gasteiger partial charge in [-0.05, 0) is 12.5 Å². The fourth-order valence-electron chi connectivity index (χ4n) is 1.70. The van der Waals surface area contributed by atoms with Crippen LogP contribution in [0.15, 0.2) is 29.8 Å². The molecule has 0 saturated carbocycles. The Morgan fingerprint density at radius 3 is 2.89 bits per heavy atom. The highest BCUT2D eigenvalue weighted by Gasteiger charge is 2.16. The van der Waals surface area contributed by atoms with Crippen molar-refractivity contribution in [3.63, 3.8) is 0 Å². The Kier molecular flexibility index (Phi) is 3.59. The van der Waals surface area contributed by atoms with Gasteiger partial charge in [-0.25, -0.2) is 0 Å². The minimum atomic E-state index is -0.213. The lowest BCUT2D eigenvalue weighted by Crippen LogP contribution is -2.24. The van der Waals surface area contributed by atoms with Gasteiger partial charge in [0, 0.05) is 15.1 Å². The number of thiophene rings is 1. The molecule has 2 rings (SSSR count). The first-order chi connectivity index (χ1) is 8.50. The number of nitrogens with two attached hydrogens (primary N) is 1. The summed E-state index contributed by atoms with van der Waals surface area (Å²) in [7, 11) is 0. The van der Waals surface area contributed by atoms with Gasteiger partial charge in [0.2, 0.25) is 0 Å². The summed E-state index contributed by atoms with van der Waals surface area (Å²) in [5.41, 5.74) is 7.65. The van der Waals surface area contributed by atoms with Gasteiger partial charge in [-0.15, -0.1) is 11.3 Å². The average molecular weight is 281 g/mol. The van der Waals surface area contributed by atoms with Crippen molar-refractivity contribution in [1.82, 2.24) is 5.32 Å². The van der Waals surface area contributed by atoms with Gasteiger partial charge >= 0.3 is 0 Å². The molecule has 3 N–H and O–H groups in total. The molecule has 2 aromatic rings. The molecule has 0 bridgehead atoms. The molecule has 1 amide bonds. The largest absolute Gasteiger partial charge is 0.397 e. The molecule has 0 spiro atoms. The summed E-state index contributed by atoms with van der Waals surface area (Å²) >= 11 is 7.02. The lowest BCUT2D eigenvalue weighted by molar-refractivity contribution is 0.0962. The van der Waals surface area contributed by atoms with Gasteiger partial charge in [0.15, 0.2) is 0 Å². The summed E-state index contributed by atoms with van der Waals surface area (Å²) in [6.45, 7) is 5.77. The molecular weight excluding hydrogens is 268 g/mol. The number of aryl methyl sites for hydroxylation is 1. The van der Waals surface area contributed by atoms with E-state index in [2.05, 4.69) is 11.9 Å². The maximum atomic E-state index is 12.0. The number of nitrogens with one attached hydrogen (secondary N) is 1. The molecule has 0 atom stereocenters. The molecule has 0 radical (unpaired) electrons. The Labute approximate surface area is 114 Å². The summed E-state index contributed by atoms with van der Waals surface area (Å²) in [5.74, 6) is -0.213. The molecule has 0 aliphatic rings. The summed E-state index contributed by atoms with van der Waals surface area (Å²) in [4.78, 5) is 12.5. The number of nitrogen functional groups attached to an aromatic ring is 1. The van der Waals surface area contributed by atoms with Gasteiger partial charge in [-0.1, -0.05) is 36.4 Å². The quantitative estimate of drug-likeness (QED) is 0.906. The Morgan fingerprint density at radius 2 is 2.28 bits per heavy atom. The van der Waals surface area contributed by atoms with E-state index in [0.717, 1.165) is 15.6 Å². The summed E-state index contributed by atoms with van der Waals surface area (Å²) < 4.78 is 1.05. The Morgan fingerprint density at radius 1 is 1.56 bits per heavy atom. The van der Waals surface area contributed by atoms with Crippen molar-refractivity contribution >= 4 is 44.6 Å². The summed E-state index contributed by atoms with van der Waals surface area (Å²) in [6, 6.07) is 5.86. The number of carbonyl (C=O) groups is 1. The second-order valence-corrected chi connectivity index (χ2v) is 5.55. The highest BCUT2D eigenvalue weighted by molar-refractivity contribution is 7.21. The van der Waals surface area contributed by atoms with Gasteiger partial charge in [-0.3, -0.25) is 4.79 Å². The third-order valence-electron chi connectivity index (χ3n) is 2.60. The molecule has 5 heteroatoms. The van der Waals surface area contributed by atoms with E-state index in [-0.39, 0.29) is 12.5 Å². The van der Waals surface area contributed by atoms with E-state index < -0.39 is 0 Å². The Bertz CT molecular complexity index is 633. The van der Waals surface area contributed by atoms with Gasteiger partial charge in [0.25, 0.3) is 5.91 Å². The van der Waals surface area contributed by atoms with Crippen LogP contribution in [0.2, 0.25) is 0 Å². The zero-order chi connectivity index (χ0) is 13.3. The highest BCUT2D eigenvalue weighted by atomic mass is 35.5. The fraction of sp³-hybridized carbons (Fsp3) is 0.154. The SMILES string of the molecule is C=C(Cl)CNC(=O)c1sc2c(C)cccc2c1N. The van der Waals surface area contributed by atoms with E-state index in [0.29, 0.717) is 15.6 Å². The second kappa shape index (κ2) is 5.00. The van der Waals surface area contributed by atoms with Gasteiger partial charge in [0.1, 0.15) is 4.88 Å². The third-order valence-corrected chi connectivity index (χ3v) is 4.09. The Hall–Kier alpha value is -1.52. The first-order valence-electron chi connectivity index (χ1n) is 5.39. The van der Waals surface area contributed by atoms with Crippen LogP contribution in [0, 0.1) is 6.92 Å². The van der Waals surface area contributed by atoms with Crippen molar-refractivity contribution in [1.29, 1.82) is 0 Å². The number of halogens is 1. The lowest BCUT2D eigenvalue weighted by atomic mass is 10.1. The average Bonchev–Trinajstić information content (AvgIpc) is 2.66. The van der Waals surface area contributed by atoms with Crippen LogP contribution in [0.3, 0.4) is 0 Å². The van der Waals surface area contributed by atoms with Crippen LogP contribution in [0.1, 0.15) is 15.2 Å². The fourth-order valence-corrected chi connectivity index (χ4v) is 2.88. The molecule has 0 aliphatic heterocycles. The van der Waals surface area contributed by atoms with E-state index in [4.69, 9.17) is 17.3 Å². The molecule has 3 nitrogen and oxygen atoms in total. The Balaban J connectivity index is 2.40. The molecule has 0 unspecified atom stereocenters. The molecule has 1 heterocycles. The van der Waals surface area contributed by atoms with Crippen molar-refractivity contribution in [3.8, 4) is 0 Å². The van der Waals surface area contributed by atoms with E-state index in [1.165, 1.54) is 11.3 Å². The number of benzene rings is 1. The van der Waals surface area contributed by atoms with Crippen molar-refractivity contribution in [2.45, 2.75) is 6.92 Å². The zero-order valence-corrected chi connectivity index (χ0v) is 11.5. The number of rotatable bonds is 3.